The lowest BCUT2D eigenvalue weighted by Crippen LogP contribution is -2.31. The van der Waals surface area contributed by atoms with Crippen LogP contribution >= 0.6 is 23.4 Å². The molecule has 24 heavy (non-hydrogen) atoms. The molecule has 0 unspecified atom stereocenters. The van der Waals surface area contributed by atoms with Gasteiger partial charge in [0.2, 0.25) is 0 Å². The fourth-order valence-electron chi connectivity index (χ4n) is 1.91. The van der Waals surface area contributed by atoms with Crippen LogP contribution < -0.4 is 5.73 Å². The lowest BCUT2D eigenvalue weighted by atomic mass is 10.2. The number of amides is 1. The van der Waals surface area contributed by atoms with Gasteiger partial charge in [-0.25, -0.2) is 0 Å². The zero-order valence-corrected chi connectivity index (χ0v) is 14.8. The first-order valence-electron chi connectivity index (χ1n) is 7.23. The highest BCUT2D eigenvalue weighted by molar-refractivity contribution is 7.99. The molecule has 1 aromatic carbocycles. The number of halogens is 1. The van der Waals surface area contributed by atoms with E-state index in [1.165, 1.54) is 18.7 Å². The second-order valence-electron chi connectivity index (χ2n) is 4.88. The number of hydrogen-bond acceptors (Lipinski definition) is 6. The summed E-state index contributed by atoms with van der Waals surface area (Å²) in [6.07, 6.45) is -0.952. The van der Waals surface area contributed by atoms with E-state index < -0.39 is 18.0 Å². The van der Waals surface area contributed by atoms with Crippen LogP contribution in [0, 0.1) is 0 Å². The number of carbonyl (C=O) groups is 2. The van der Waals surface area contributed by atoms with Crippen LogP contribution in [0.4, 0.5) is 0 Å². The minimum Gasteiger partial charge on any atom is -0.452 e. The zero-order chi connectivity index (χ0) is 17.7. The molecule has 0 radical (unpaired) electrons. The number of aromatic nitrogens is 3. The van der Waals surface area contributed by atoms with Crippen LogP contribution in [0.15, 0.2) is 29.4 Å². The number of nitrogens with two attached hydrogens (primary N) is 1. The maximum Gasteiger partial charge on any atom is 0.317 e. The van der Waals surface area contributed by atoms with E-state index in [1.807, 2.05) is 23.6 Å². The molecule has 0 saturated heterocycles. The molecule has 0 aliphatic heterocycles. The van der Waals surface area contributed by atoms with E-state index in [2.05, 4.69) is 10.2 Å². The van der Waals surface area contributed by atoms with Crippen molar-refractivity contribution in [2.45, 2.75) is 31.7 Å². The largest absolute Gasteiger partial charge is 0.452 e. The Balaban J connectivity index is 2.08. The summed E-state index contributed by atoms with van der Waals surface area (Å²) in [5, 5.41) is 9.52. The topological polar surface area (TPSA) is 100 Å². The number of primary amides is 1. The fraction of sp³-hybridized carbons (Fsp3) is 0.333. The molecule has 7 nitrogen and oxygen atoms in total. The standard InChI is InChI=1S/C15H17ClN4O3S/c1-3-20-14(10-4-6-11(16)7-5-10)18-19-15(20)24-8-12(21)23-9(2)13(17)22/h4-7,9H,3,8H2,1-2H3,(H2,17,22)/t9-/m0/s1. The lowest BCUT2D eigenvalue weighted by molar-refractivity contribution is -0.151. The van der Waals surface area contributed by atoms with Crippen molar-refractivity contribution in [3.63, 3.8) is 0 Å². The third-order valence-corrected chi connectivity index (χ3v) is 4.36. The molecule has 0 spiro atoms. The van der Waals surface area contributed by atoms with E-state index in [-0.39, 0.29) is 5.75 Å². The molecule has 2 aromatic rings. The van der Waals surface area contributed by atoms with Crippen LogP contribution in [-0.2, 0) is 20.9 Å². The maximum atomic E-state index is 11.7. The summed E-state index contributed by atoms with van der Waals surface area (Å²) in [5.74, 6) is -0.522. The first-order chi connectivity index (χ1) is 11.4. The number of carbonyl (C=O) groups excluding carboxylic acids is 2. The van der Waals surface area contributed by atoms with E-state index in [1.54, 1.807) is 12.1 Å². The molecule has 2 rings (SSSR count). The van der Waals surface area contributed by atoms with Gasteiger partial charge in [-0.15, -0.1) is 10.2 Å². The molecule has 0 aliphatic carbocycles. The molecule has 1 atom stereocenters. The van der Waals surface area contributed by atoms with Crippen LogP contribution in [0.1, 0.15) is 13.8 Å². The van der Waals surface area contributed by atoms with E-state index >= 15 is 0 Å². The Kier molecular flexibility index (Phi) is 6.22. The minimum atomic E-state index is -0.952. The van der Waals surface area contributed by atoms with E-state index in [9.17, 15) is 9.59 Å². The molecule has 1 amide bonds. The maximum absolute atomic E-state index is 11.7. The predicted octanol–water partition coefficient (Wildman–Crippen LogP) is 2.13. The fourth-order valence-corrected chi connectivity index (χ4v) is 2.82. The SMILES string of the molecule is CCn1c(SCC(=O)O[C@@H](C)C(N)=O)nnc1-c1ccc(Cl)cc1. The predicted molar refractivity (Wildman–Crippen MR) is 91.6 cm³/mol. The molecule has 0 bridgehead atoms. The van der Waals surface area contributed by atoms with Crippen LogP contribution in [0.25, 0.3) is 11.4 Å². The zero-order valence-electron chi connectivity index (χ0n) is 13.2. The second kappa shape index (κ2) is 8.16. The van der Waals surface area contributed by atoms with Gasteiger partial charge < -0.3 is 15.0 Å². The lowest BCUT2D eigenvalue weighted by Gasteiger charge is -2.10. The normalized spacial score (nSPS) is 12.0. The third-order valence-electron chi connectivity index (χ3n) is 3.16. The minimum absolute atomic E-state index is 0.0103. The number of thioether (sulfide) groups is 1. The van der Waals surface area contributed by atoms with Gasteiger partial charge in [-0.05, 0) is 38.1 Å². The van der Waals surface area contributed by atoms with Gasteiger partial charge in [0.1, 0.15) is 0 Å². The number of benzene rings is 1. The van der Waals surface area contributed by atoms with Gasteiger partial charge >= 0.3 is 5.97 Å². The van der Waals surface area contributed by atoms with Gasteiger partial charge in [0.25, 0.3) is 5.91 Å². The number of nitrogens with zero attached hydrogens (tertiary/aromatic N) is 3. The smallest absolute Gasteiger partial charge is 0.317 e. The third kappa shape index (κ3) is 4.48. The molecule has 2 N–H and O–H groups in total. The quantitative estimate of drug-likeness (QED) is 0.593. The van der Waals surface area contributed by atoms with Crippen molar-refractivity contribution < 1.29 is 14.3 Å². The summed E-state index contributed by atoms with van der Waals surface area (Å²) in [6.45, 7) is 4.03. The summed E-state index contributed by atoms with van der Waals surface area (Å²) in [4.78, 5) is 22.6. The van der Waals surface area contributed by atoms with Crippen molar-refractivity contribution in [1.29, 1.82) is 0 Å². The van der Waals surface area contributed by atoms with Crippen molar-refractivity contribution >= 4 is 35.2 Å². The van der Waals surface area contributed by atoms with Crippen molar-refractivity contribution in [3.8, 4) is 11.4 Å². The molecule has 9 heteroatoms. The number of rotatable bonds is 7. The Morgan fingerprint density at radius 1 is 1.33 bits per heavy atom. The van der Waals surface area contributed by atoms with Gasteiger partial charge in [-0.1, -0.05) is 23.4 Å². The summed E-state index contributed by atoms with van der Waals surface area (Å²) in [5.41, 5.74) is 5.94. The molecular formula is C15H17ClN4O3S. The Morgan fingerprint density at radius 3 is 2.58 bits per heavy atom. The van der Waals surface area contributed by atoms with Gasteiger partial charge in [-0.2, -0.15) is 0 Å². The summed E-state index contributed by atoms with van der Waals surface area (Å²) in [6, 6.07) is 7.27. The van der Waals surface area contributed by atoms with Gasteiger partial charge in [0.05, 0.1) is 5.75 Å². The highest BCUT2D eigenvalue weighted by atomic mass is 35.5. The summed E-state index contributed by atoms with van der Waals surface area (Å²) in [7, 11) is 0. The number of esters is 1. The monoisotopic (exact) mass is 368 g/mol. The first-order valence-corrected chi connectivity index (χ1v) is 8.59. The molecule has 1 aromatic heterocycles. The second-order valence-corrected chi connectivity index (χ2v) is 6.26. The average Bonchev–Trinajstić information content (AvgIpc) is 2.96. The highest BCUT2D eigenvalue weighted by Crippen LogP contribution is 2.25. The summed E-state index contributed by atoms with van der Waals surface area (Å²) >= 11 is 7.08. The Morgan fingerprint density at radius 2 is 2.00 bits per heavy atom. The number of hydrogen-bond donors (Lipinski definition) is 1. The van der Waals surface area contributed by atoms with Crippen molar-refractivity contribution in [1.82, 2.24) is 14.8 Å². The first kappa shape index (κ1) is 18.3. The average molecular weight is 369 g/mol. The Bertz CT molecular complexity index is 733. The van der Waals surface area contributed by atoms with Crippen molar-refractivity contribution in [2.75, 3.05) is 5.75 Å². The Labute approximate surface area is 148 Å². The van der Waals surface area contributed by atoms with Crippen LogP contribution in [0.3, 0.4) is 0 Å². The molecule has 0 aliphatic rings. The molecule has 1 heterocycles. The molecule has 0 fully saturated rings. The van der Waals surface area contributed by atoms with E-state index in [0.717, 1.165) is 5.56 Å². The van der Waals surface area contributed by atoms with Gasteiger partial charge in [-0.3, -0.25) is 9.59 Å². The van der Waals surface area contributed by atoms with Crippen LogP contribution in [0.5, 0.6) is 0 Å². The van der Waals surface area contributed by atoms with E-state index in [0.29, 0.717) is 22.5 Å². The van der Waals surface area contributed by atoms with Crippen LogP contribution in [-0.4, -0.2) is 38.5 Å². The van der Waals surface area contributed by atoms with Crippen molar-refractivity contribution in [3.05, 3.63) is 29.3 Å². The Hall–Kier alpha value is -2.06. The molecule has 0 saturated carbocycles. The number of ether oxygens (including phenoxy) is 1. The van der Waals surface area contributed by atoms with Crippen molar-refractivity contribution in [2.24, 2.45) is 5.73 Å². The van der Waals surface area contributed by atoms with Crippen LogP contribution in [0.2, 0.25) is 5.02 Å². The summed E-state index contributed by atoms with van der Waals surface area (Å²) < 4.78 is 6.79. The molecule has 128 valence electrons. The molecular weight excluding hydrogens is 352 g/mol. The van der Waals surface area contributed by atoms with E-state index in [4.69, 9.17) is 22.1 Å². The van der Waals surface area contributed by atoms with Gasteiger partial charge in [0, 0.05) is 17.1 Å². The highest BCUT2D eigenvalue weighted by Gasteiger charge is 2.18. The van der Waals surface area contributed by atoms with Gasteiger partial charge in [0.15, 0.2) is 17.1 Å².